The van der Waals surface area contributed by atoms with Crippen molar-refractivity contribution in [1.29, 1.82) is 0 Å². The molecule has 202 valence electrons. The van der Waals surface area contributed by atoms with Gasteiger partial charge < -0.3 is 10.2 Å². The van der Waals surface area contributed by atoms with Gasteiger partial charge in [0, 0.05) is 11.1 Å². The number of hydrogen-bond acceptors (Lipinski definition) is 8. The molecule has 0 unspecified atom stereocenters. The number of phenolic OH excluding ortho intramolecular Hbond substituents is 2. The lowest BCUT2D eigenvalue weighted by Gasteiger charge is -2.16. The summed E-state index contributed by atoms with van der Waals surface area (Å²) in [5, 5.41) is 21.3. The molecule has 0 aliphatic carbocycles. The molecule has 0 saturated carbocycles. The molecule has 0 fully saturated rings. The molecule has 0 atom stereocenters. The third kappa shape index (κ3) is 5.47. The Labute approximate surface area is 209 Å². The molecule has 0 spiro atoms. The van der Waals surface area contributed by atoms with E-state index in [2.05, 4.69) is 8.37 Å². The van der Waals surface area contributed by atoms with Gasteiger partial charge in [0.1, 0.15) is 11.5 Å². The zero-order valence-electron chi connectivity index (χ0n) is 18.2. The second-order valence-corrected chi connectivity index (χ2v) is 10.7. The summed E-state index contributed by atoms with van der Waals surface area (Å²) in [6, 6.07) is 9.80. The second-order valence-electron chi connectivity index (χ2n) is 7.65. The van der Waals surface area contributed by atoms with Crippen molar-refractivity contribution in [2.45, 2.75) is 22.5 Å². The lowest BCUT2D eigenvalue weighted by Crippen LogP contribution is -2.19. The van der Waals surface area contributed by atoms with Crippen molar-refractivity contribution >= 4 is 41.8 Å². The molecule has 0 amide bonds. The lowest BCUT2D eigenvalue weighted by molar-refractivity contribution is -0.273. The second kappa shape index (κ2) is 9.00. The van der Waals surface area contributed by atoms with Crippen LogP contribution in [0.1, 0.15) is 0 Å². The first-order valence-electron chi connectivity index (χ1n) is 9.95. The molecule has 0 saturated heterocycles. The van der Waals surface area contributed by atoms with Crippen molar-refractivity contribution in [2.75, 3.05) is 0 Å². The largest absolute Gasteiger partial charge is 0.537 e. The summed E-state index contributed by atoms with van der Waals surface area (Å²) in [6.45, 7) is 0. The Kier molecular flexibility index (Phi) is 6.50. The van der Waals surface area contributed by atoms with E-state index in [-0.39, 0.29) is 32.7 Å². The topological polar surface area (TPSA) is 127 Å². The minimum absolute atomic E-state index is 0.00109. The average molecular weight is 582 g/mol. The summed E-state index contributed by atoms with van der Waals surface area (Å²) < 4.78 is 129. The SMILES string of the molecule is O=S(=O)(OC(F)(F)F)c1ccc2c(-c3c(O)ccc4cc(S(=O)(=O)OC(F)(F)F)ccc34)c(O)ccc2c1. The molecule has 4 aromatic carbocycles. The monoisotopic (exact) mass is 582 g/mol. The highest BCUT2D eigenvalue weighted by Gasteiger charge is 2.39. The van der Waals surface area contributed by atoms with E-state index in [1.54, 1.807) is 0 Å². The van der Waals surface area contributed by atoms with Crippen LogP contribution in [0.2, 0.25) is 0 Å². The zero-order valence-corrected chi connectivity index (χ0v) is 19.8. The van der Waals surface area contributed by atoms with Gasteiger partial charge in [0.25, 0.3) is 0 Å². The van der Waals surface area contributed by atoms with Gasteiger partial charge in [0.05, 0.1) is 9.79 Å². The Hall–Kier alpha value is -3.60. The molecule has 16 heteroatoms. The van der Waals surface area contributed by atoms with Crippen LogP contribution in [0.4, 0.5) is 26.3 Å². The van der Waals surface area contributed by atoms with E-state index < -0.39 is 54.3 Å². The van der Waals surface area contributed by atoms with Crippen molar-refractivity contribution < 1.29 is 61.8 Å². The fraction of sp³-hybridized carbons (Fsp3) is 0.0909. The molecule has 0 radical (unpaired) electrons. The number of fused-ring (bicyclic) bond motifs is 2. The molecular weight excluding hydrogens is 570 g/mol. The minimum Gasteiger partial charge on any atom is -0.507 e. The molecule has 2 N–H and O–H groups in total. The van der Waals surface area contributed by atoms with Crippen LogP contribution < -0.4 is 0 Å². The van der Waals surface area contributed by atoms with E-state index in [0.717, 1.165) is 48.5 Å². The zero-order chi connectivity index (χ0) is 28.3. The van der Waals surface area contributed by atoms with Gasteiger partial charge in [0.2, 0.25) is 0 Å². The van der Waals surface area contributed by atoms with Crippen LogP contribution >= 0.6 is 0 Å². The summed E-state index contributed by atoms with van der Waals surface area (Å²) >= 11 is 0. The molecular formula is C22H12F6O8S2. The van der Waals surface area contributed by atoms with Crippen LogP contribution in [0.25, 0.3) is 32.7 Å². The van der Waals surface area contributed by atoms with E-state index in [1.807, 2.05) is 0 Å². The van der Waals surface area contributed by atoms with Crippen LogP contribution in [0.5, 0.6) is 11.5 Å². The van der Waals surface area contributed by atoms with E-state index >= 15 is 0 Å². The third-order valence-corrected chi connectivity index (χ3v) is 7.65. The van der Waals surface area contributed by atoms with Crippen molar-refractivity contribution in [1.82, 2.24) is 0 Å². The van der Waals surface area contributed by atoms with Gasteiger partial charge in [-0.15, -0.1) is 26.3 Å². The van der Waals surface area contributed by atoms with Gasteiger partial charge in [-0.1, -0.05) is 24.3 Å². The summed E-state index contributed by atoms with van der Waals surface area (Å²) in [6.07, 6.45) is -11.0. The Morgan fingerprint density at radius 1 is 0.553 bits per heavy atom. The molecule has 4 rings (SSSR count). The Bertz CT molecular complexity index is 1660. The number of benzene rings is 4. The highest BCUT2D eigenvalue weighted by atomic mass is 32.2. The predicted molar refractivity (Wildman–Crippen MR) is 119 cm³/mol. The van der Waals surface area contributed by atoms with Gasteiger partial charge in [-0.05, 0) is 57.9 Å². The van der Waals surface area contributed by atoms with Gasteiger partial charge in [0.15, 0.2) is 0 Å². The number of alkyl halides is 6. The maximum atomic E-state index is 12.5. The van der Waals surface area contributed by atoms with Crippen molar-refractivity contribution in [3.05, 3.63) is 60.7 Å². The Balaban J connectivity index is 1.92. The fourth-order valence-electron chi connectivity index (χ4n) is 3.77. The smallest absolute Gasteiger partial charge is 0.507 e. The van der Waals surface area contributed by atoms with Crippen molar-refractivity contribution in [2.24, 2.45) is 0 Å². The standard InChI is InChI=1S/C22H12F6O8S2/c23-21(24,25)35-37(31,32)13-3-5-15-11(9-13)1-7-17(29)19(15)20-16-6-4-14(10-12(16)2-8-18(20)30)38(33,34)36-22(26,27)28/h1-10,29-30H. The number of rotatable bonds is 5. The first-order chi connectivity index (χ1) is 17.4. The molecule has 0 aliphatic heterocycles. The highest BCUT2D eigenvalue weighted by Crippen LogP contribution is 2.45. The van der Waals surface area contributed by atoms with Crippen LogP contribution in [-0.2, 0) is 28.6 Å². The van der Waals surface area contributed by atoms with E-state index in [1.165, 1.54) is 12.1 Å². The van der Waals surface area contributed by atoms with Crippen molar-refractivity contribution in [3.63, 3.8) is 0 Å². The molecule has 0 aliphatic rings. The van der Waals surface area contributed by atoms with Crippen molar-refractivity contribution in [3.8, 4) is 22.6 Å². The molecule has 4 aromatic rings. The minimum atomic E-state index is -5.49. The van der Waals surface area contributed by atoms with Gasteiger partial charge in [-0.25, -0.2) is 0 Å². The number of aromatic hydroxyl groups is 2. The quantitative estimate of drug-likeness (QED) is 0.233. The predicted octanol–water partition coefficient (Wildman–Crippen LogP) is 5.52. The maximum Gasteiger partial charge on any atom is 0.537 e. The van der Waals surface area contributed by atoms with E-state index in [9.17, 15) is 53.4 Å². The Morgan fingerprint density at radius 2 is 0.895 bits per heavy atom. The number of phenols is 2. The molecule has 0 aromatic heterocycles. The first kappa shape index (κ1) is 27.4. The van der Waals surface area contributed by atoms with E-state index in [0.29, 0.717) is 0 Å². The normalized spacial score (nSPS) is 13.3. The number of halogens is 6. The van der Waals surface area contributed by atoms with Gasteiger partial charge in [-0.2, -0.15) is 25.2 Å². The molecule has 8 nitrogen and oxygen atoms in total. The Morgan fingerprint density at radius 3 is 1.21 bits per heavy atom. The fourth-order valence-corrected chi connectivity index (χ4v) is 5.48. The van der Waals surface area contributed by atoms with E-state index in [4.69, 9.17) is 0 Å². The van der Waals surface area contributed by atoms with Crippen LogP contribution in [0, 0.1) is 0 Å². The summed E-state index contributed by atoms with van der Waals surface area (Å²) in [5.74, 6) is -0.945. The highest BCUT2D eigenvalue weighted by molar-refractivity contribution is 7.87. The maximum absolute atomic E-state index is 12.5. The summed E-state index contributed by atoms with van der Waals surface area (Å²) in [7, 11) is -10.5. The van der Waals surface area contributed by atoms with Gasteiger partial charge in [-0.3, -0.25) is 0 Å². The summed E-state index contributed by atoms with van der Waals surface area (Å²) in [5.41, 5.74) is -0.262. The van der Waals surface area contributed by atoms with Crippen LogP contribution in [-0.4, -0.2) is 39.8 Å². The molecule has 0 bridgehead atoms. The third-order valence-electron chi connectivity index (χ3n) is 5.17. The lowest BCUT2D eigenvalue weighted by atomic mass is 9.92. The average Bonchev–Trinajstić information content (AvgIpc) is 2.76. The van der Waals surface area contributed by atoms with Crippen LogP contribution in [0.3, 0.4) is 0 Å². The molecule has 38 heavy (non-hydrogen) atoms. The number of hydrogen-bond donors (Lipinski definition) is 2. The summed E-state index contributed by atoms with van der Waals surface area (Å²) in [4.78, 5) is -1.72. The van der Waals surface area contributed by atoms with Crippen LogP contribution in [0.15, 0.2) is 70.5 Å². The van der Waals surface area contributed by atoms with Gasteiger partial charge >= 0.3 is 33.0 Å². The first-order valence-corrected chi connectivity index (χ1v) is 12.8. The molecule has 0 heterocycles.